The van der Waals surface area contributed by atoms with Crippen LogP contribution in [0.25, 0.3) is 0 Å². The number of aliphatic hydroxyl groups is 1. The summed E-state index contributed by atoms with van der Waals surface area (Å²) in [6.07, 6.45) is 0.0107. The van der Waals surface area contributed by atoms with Crippen LogP contribution in [0.2, 0.25) is 0 Å². The number of thiol groups is 1. The maximum atomic E-state index is 10.5. The van der Waals surface area contributed by atoms with E-state index in [1.807, 2.05) is 13.8 Å². The molecule has 3 N–H and O–H groups in total. The van der Waals surface area contributed by atoms with E-state index in [1.54, 1.807) is 0 Å². The topological polar surface area (TPSA) is 63.3 Å². The Morgan fingerprint density at radius 2 is 2.08 bits per heavy atom. The quantitative estimate of drug-likeness (QED) is 0.557. The van der Waals surface area contributed by atoms with Crippen LogP contribution in [0.4, 0.5) is 0 Å². The molecule has 0 saturated heterocycles. The minimum absolute atomic E-state index is 0.0387. The van der Waals surface area contributed by atoms with Gasteiger partial charge in [0.05, 0.1) is 6.10 Å². The van der Waals surface area contributed by atoms with E-state index in [0.29, 0.717) is 5.92 Å². The summed E-state index contributed by atoms with van der Waals surface area (Å²) < 4.78 is 0. The average molecular weight is 191 g/mol. The van der Waals surface area contributed by atoms with E-state index >= 15 is 0 Å². The van der Waals surface area contributed by atoms with Gasteiger partial charge in [-0.25, -0.2) is 0 Å². The summed E-state index contributed by atoms with van der Waals surface area (Å²) in [5, 5.41) is 9.02. The molecular formula is C8H17NO2S. The largest absolute Gasteiger partial charge is 0.391 e. The second-order valence-electron chi connectivity index (χ2n) is 3.46. The molecule has 0 aliphatic carbocycles. The second kappa shape index (κ2) is 5.56. The number of hydrogen-bond donors (Lipinski definition) is 3. The van der Waals surface area contributed by atoms with Gasteiger partial charge < -0.3 is 10.8 Å². The van der Waals surface area contributed by atoms with E-state index in [4.69, 9.17) is 5.73 Å². The lowest BCUT2D eigenvalue weighted by molar-refractivity contribution is -0.112. The molecule has 0 aliphatic rings. The van der Waals surface area contributed by atoms with Crippen LogP contribution in [-0.4, -0.2) is 22.4 Å². The van der Waals surface area contributed by atoms with Gasteiger partial charge in [0.25, 0.3) is 0 Å². The summed E-state index contributed by atoms with van der Waals surface area (Å²) in [6, 6.07) is -0.318. The van der Waals surface area contributed by atoms with Gasteiger partial charge in [-0.15, -0.1) is 12.6 Å². The molecule has 0 radical (unpaired) electrons. The van der Waals surface area contributed by atoms with Crippen LogP contribution in [0.1, 0.15) is 26.7 Å². The summed E-state index contributed by atoms with van der Waals surface area (Å²) in [4.78, 5) is 10.5. The van der Waals surface area contributed by atoms with E-state index in [2.05, 4.69) is 12.6 Å². The van der Waals surface area contributed by atoms with Gasteiger partial charge in [0.1, 0.15) is 0 Å². The van der Waals surface area contributed by atoms with E-state index < -0.39 is 6.10 Å². The lowest BCUT2D eigenvalue weighted by Crippen LogP contribution is -2.36. The Kier molecular flexibility index (Phi) is 5.53. The van der Waals surface area contributed by atoms with Crippen LogP contribution in [0.3, 0.4) is 0 Å². The molecule has 0 spiro atoms. The SMILES string of the molecule is CC(C)C[C@H](N)[C@@H](O)CC(=O)S. The highest BCUT2D eigenvalue weighted by Crippen LogP contribution is 2.09. The zero-order valence-corrected chi connectivity index (χ0v) is 8.42. The molecule has 3 nitrogen and oxygen atoms in total. The Hall–Kier alpha value is -0.0600. The minimum atomic E-state index is -0.752. The number of aliphatic hydroxyl groups excluding tert-OH is 1. The first-order valence-corrected chi connectivity index (χ1v) is 4.53. The van der Waals surface area contributed by atoms with Crippen molar-refractivity contribution in [1.29, 1.82) is 0 Å². The molecule has 0 aromatic rings. The van der Waals surface area contributed by atoms with Crippen molar-refractivity contribution in [1.82, 2.24) is 0 Å². The third kappa shape index (κ3) is 5.57. The first kappa shape index (κ1) is 11.9. The van der Waals surface area contributed by atoms with Gasteiger partial charge in [-0.1, -0.05) is 13.8 Å². The van der Waals surface area contributed by atoms with Crippen molar-refractivity contribution in [3.8, 4) is 0 Å². The Bertz CT molecular complexity index is 150. The van der Waals surface area contributed by atoms with E-state index in [0.717, 1.165) is 6.42 Å². The molecule has 0 unspecified atom stereocenters. The summed E-state index contributed by atoms with van der Waals surface area (Å²) >= 11 is 3.57. The molecule has 0 rings (SSSR count). The molecule has 0 saturated carbocycles. The number of carbonyl (C=O) groups excluding carboxylic acids is 1. The molecule has 0 fully saturated rings. The molecule has 2 atom stereocenters. The highest BCUT2D eigenvalue weighted by atomic mass is 32.1. The van der Waals surface area contributed by atoms with Crippen LogP contribution in [0, 0.1) is 5.92 Å². The predicted molar refractivity (Wildman–Crippen MR) is 52.0 cm³/mol. The van der Waals surface area contributed by atoms with Gasteiger partial charge >= 0.3 is 0 Å². The lowest BCUT2D eigenvalue weighted by Gasteiger charge is -2.18. The van der Waals surface area contributed by atoms with Gasteiger partial charge in [0, 0.05) is 12.5 Å². The Labute approximate surface area is 78.7 Å². The van der Waals surface area contributed by atoms with E-state index in [1.165, 1.54) is 0 Å². The smallest absolute Gasteiger partial charge is 0.188 e. The Balaban J connectivity index is 3.76. The van der Waals surface area contributed by atoms with Gasteiger partial charge in [-0.3, -0.25) is 4.79 Å². The van der Waals surface area contributed by atoms with Crippen molar-refractivity contribution in [2.75, 3.05) is 0 Å². The predicted octanol–water partition coefficient (Wildman–Crippen LogP) is 0.567. The van der Waals surface area contributed by atoms with Crippen molar-refractivity contribution in [2.45, 2.75) is 38.8 Å². The highest BCUT2D eigenvalue weighted by molar-refractivity contribution is 7.96. The molecule has 0 aliphatic heterocycles. The van der Waals surface area contributed by atoms with Crippen LogP contribution >= 0.6 is 12.6 Å². The molecule has 0 amide bonds. The van der Waals surface area contributed by atoms with Crippen LogP contribution < -0.4 is 5.73 Å². The molecule has 12 heavy (non-hydrogen) atoms. The third-order valence-electron chi connectivity index (χ3n) is 1.62. The lowest BCUT2D eigenvalue weighted by atomic mass is 9.99. The standard InChI is InChI=1S/C8H17NO2S/c1-5(2)3-6(9)7(10)4-8(11)12/h5-7,10H,3-4,9H2,1-2H3,(H,11,12)/t6-,7-/m0/s1. The molecule has 0 heterocycles. The van der Waals surface area contributed by atoms with Gasteiger partial charge in [-0.05, 0) is 12.3 Å². The maximum absolute atomic E-state index is 10.5. The summed E-state index contributed by atoms with van der Waals surface area (Å²) in [5.74, 6) is 0.435. The minimum Gasteiger partial charge on any atom is -0.391 e. The fraction of sp³-hybridized carbons (Fsp3) is 0.875. The zero-order valence-electron chi connectivity index (χ0n) is 7.53. The summed E-state index contributed by atoms with van der Waals surface area (Å²) in [7, 11) is 0. The first-order chi connectivity index (χ1) is 5.43. The fourth-order valence-corrected chi connectivity index (χ4v) is 1.22. The molecule has 0 bridgehead atoms. The van der Waals surface area contributed by atoms with Crippen LogP contribution in [0.5, 0.6) is 0 Å². The van der Waals surface area contributed by atoms with Crippen molar-refractivity contribution < 1.29 is 9.90 Å². The van der Waals surface area contributed by atoms with Crippen molar-refractivity contribution in [2.24, 2.45) is 11.7 Å². The monoisotopic (exact) mass is 191 g/mol. The van der Waals surface area contributed by atoms with Crippen molar-refractivity contribution in [3.05, 3.63) is 0 Å². The average Bonchev–Trinajstić information content (AvgIpc) is 1.84. The second-order valence-corrected chi connectivity index (χ2v) is 3.96. The van der Waals surface area contributed by atoms with Crippen molar-refractivity contribution in [3.63, 3.8) is 0 Å². The Morgan fingerprint density at radius 1 is 1.58 bits per heavy atom. The number of nitrogens with two attached hydrogens (primary N) is 1. The maximum Gasteiger partial charge on any atom is 0.188 e. The summed E-state index contributed by atoms with van der Waals surface area (Å²) in [5.41, 5.74) is 5.63. The zero-order chi connectivity index (χ0) is 9.72. The summed E-state index contributed by atoms with van der Waals surface area (Å²) in [6.45, 7) is 4.05. The van der Waals surface area contributed by atoms with Crippen LogP contribution in [-0.2, 0) is 4.79 Å². The molecule has 4 heteroatoms. The molecule has 0 aromatic carbocycles. The molecule has 72 valence electrons. The number of carbonyl (C=O) groups is 1. The Morgan fingerprint density at radius 3 is 2.42 bits per heavy atom. The fourth-order valence-electron chi connectivity index (χ4n) is 1.03. The van der Waals surface area contributed by atoms with Gasteiger partial charge in [0.2, 0.25) is 0 Å². The van der Waals surface area contributed by atoms with Gasteiger partial charge in [-0.2, -0.15) is 0 Å². The van der Waals surface area contributed by atoms with E-state index in [-0.39, 0.29) is 17.6 Å². The molecule has 0 aromatic heterocycles. The van der Waals surface area contributed by atoms with Crippen molar-refractivity contribution >= 4 is 17.7 Å². The van der Waals surface area contributed by atoms with Crippen LogP contribution in [0.15, 0.2) is 0 Å². The first-order valence-electron chi connectivity index (χ1n) is 4.09. The number of rotatable bonds is 5. The highest BCUT2D eigenvalue weighted by Gasteiger charge is 2.17. The number of hydrogen-bond acceptors (Lipinski definition) is 3. The van der Waals surface area contributed by atoms with Gasteiger partial charge in [0.15, 0.2) is 5.12 Å². The third-order valence-corrected chi connectivity index (χ3v) is 1.80. The normalized spacial score (nSPS) is 16.2. The molecular weight excluding hydrogens is 174 g/mol. The van der Waals surface area contributed by atoms with E-state index in [9.17, 15) is 9.90 Å².